The molecule has 2 amide bonds. The molecular weight excluding hydrogens is 334 g/mol. The van der Waals surface area contributed by atoms with Crippen LogP contribution < -0.4 is 16.4 Å². The van der Waals surface area contributed by atoms with E-state index in [1.165, 1.54) is 0 Å². The van der Waals surface area contributed by atoms with Crippen molar-refractivity contribution >= 4 is 23.5 Å². The minimum atomic E-state index is -1.13. The van der Waals surface area contributed by atoms with Gasteiger partial charge in [-0.25, -0.2) is 0 Å². The van der Waals surface area contributed by atoms with Gasteiger partial charge in [0.2, 0.25) is 5.91 Å². The summed E-state index contributed by atoms with van der Waals surface area (Å²) in [5.74, 6) is -1.86. The molecule has 136 valence electrons. The maximum atomic E-state index is 12.2. The lowest BCUT2D eigenvalue weighted by molar-refractivity contribution is -0.138. The molecule has 0 aliphatic carbocycles. The summed E-state index contributed by atoms with van der Waals surface area (Å²) in [6, 6.07) is 13.4. The molecule has 0 bridgehead atoms. The third-order valence-electron chi connectivity index (χ3n) is 3.73. The first-order chi connectivity index (χ1) is 12.3. The number of nitrogens with one attached hydrogen (secondary N) is 2. The summed E-state index contributed by atoms with van der Waals surface area (Å²) in [5, 5.41) is 13.6. The summed E-state index contributed by atoms with van der Waals surface area (Å²) in [6.45, 7) is 1.49. The van der Waals surface area contributed by atoms with Gasteiger partial charge in [-0.2, -0.15) is 0 Å². The number of aliphatic carboxylic acids is 1. The van der Waals surface area contributed by atoms with Gasteiger partial charge < -0.3 is 21.5 Å². The number of hydrogen-bond acceptors (Lipinski definition) is 4. The van der Waals surface area contributed by atoms with Crippen LogP contribution in [0.15, 0.2) is 48.5 Å². The summed E-state index contributed by atoms with van der Waals surface area (Å²) in [5.41, 5.74) is 8.84. The van der Waals surface area contributed by atoms with E-state index in [0.29, 0.717) is 11.3 Å². The van der Waals surface area contributed by atoms with Crippen molar-refractivity contribution in [2.45, 2.75) is 19.4 Å². The highest BCUT2D eigenvalue weighted by molar-refractivity contribution is 6.04. The van der Waals surface area contributed by atoms with Gasteiger partial charge in [-0.15, -0.1) is 0 Å². The molecule has 2 aromatic carbocycles. The quantitative estimate of drug-likeness (QED) is 0.597. The Bertz CT molecular complexity index is 785. The zero-order valence-corrected chi connectivity index (χ0v) is 14.4. The highest BCUT2D eigenvalue weighted by atomic mass is 16.4. The Morgan fingerprint density at radius 1 is 1.04 bits per heavy atom. The van der Waals surface area contributed by atoms with Gasteiger partial charge in [0.25, 0.3) is 5.91 Å². The Morgan fingerprint density at radius 2 is 1.65 bits per heavy atom. The van der Waals surface area contributed by atoms with Crippen LogP contribution >= 0.6 is 0 Å². The van der Waals surface area contributed by atoms with Crippen molar-refractivity contribution in [1.29, 1.82) is 0 Å². The minimum absolute atomic E-state index is 0.206. The molecule has 0 fully saturated rings. The maximum absolute atomic E-state index is 12.2. The Kier molecular flexibility index (Phi) is 6.46. The van der Waals surface area contributed by atoms with E-state index >= 15 is 0 Å². The molecular formula is C19H21N3O4. The van der Waals surface area contributed by atoms with Crippen LogP contribution in [0.4, 0.5) is 5.69 Å². The lowest BCUT2D eigenvalue weighted by Gasteiger charge is -2.12. The van der Waals surface area contributed by atoms with E-state index in [2.05, 4.69) is 10.6 Å². The van der Waals surface area contributed by atoms with Crippen molar-refractivity contribution in [3.8, 4) is 0 Å². The van der Waals surface area contributed by atoms with Crippen LogP contribution in [0.2, 0.25) is 0 Å². The van der Waals surface area contributed by atoms with Crippen molar-refractivity contribution in [2.75, 3.05) is 11.9 Å². The fourth-order valence-electron chi connectivity index (χ4n) is 2.27. The van der Waals surface area contributed by atoms with Gasteiger partial charge in [0.1, 0.15) is 6.54 Å². The number of aryl methyl sites for hydroxylation is 1. The number of hydrogen-bond donors (Lipinski definition) is 4. The maximum Gasteiger partial charge on any atom is 0.322 e. The number of nitrogens with two attached hydrogens (primary N) is 1. The molecule has 2 rings (SSSR count). The molecule has 0 aliphatic rings. The number of rotatable bonds is 7. The lowest BCUT2D eigenvalue weighted by atomic mass is 10.1. The van der Waals surface area contributed by atoms with Crippen LogP contribution in [0.5, 0.6) is 0 Å². The minimum Gasteiger partial charge on any atom is -0.480 e. The van der Waals surface area contributed by atoms with Gasteiger partial charge >= 0.3 is 5.97 Å². The standard InChI is InChI=1S/C19H21N3O4/c1-12-2-6-14(7-3-12)18(25)22-15-8-4-13(5-9-15)10-16(20)19(26)21-11-17(23)24/h2-9,16H,10-11,20H2,1H3,(H,21,26)(H,22,25)(H,23,24). The lowest BCUT2D eigenvalue weighted by Crippen LogP contribution is -2.43. The van der Waals surface area contributed by atoms with Crippen LogP contribution in [0.1, 0.15) is 21.5 Å². The predicted octanol–water partition coefficient (Wildman–Crippen LogP) is 1.32. The first-order valence-electron chi connectivity index (χ1n) is 8.07. The van der Waals surface area contributed by atoms with E-state index < -0.39 is 24.5 Å². The number of carbonyl (C=O) groups excluding carboxylic acids is 2. The number of carboxylic acid groups (broad SMARTS) is 1. The molecule has 0 heterocycles. The third kappa shape index (κ3) is 5.71. The molecule has 7 heteroatoms. The average Bonchev–Trinajstić information content (AvgIpc) is 2.61. The van der Waals surface area contributed by atoms with Crippen LogP contribution in [0, 0.1) is 6.92 Å². The second-order valence-electron chi connectivity index (χ2n) is 5.94. The smallest absolute Gasteiger partial charge is 0.322 e. The molecule has 0 saturated heterocycles. The summed E-state index contributed by atoms with van der Waals surface area (Å²) >= 11 is 0. The van der Waals surface area contributed by atoms with E-state index in [1.807, 2.05) is 19.1 Å². The Balaban J connectivity index is 1.91. The number of carboxylic acids is 1. The number of benzene rings is 2. The summed E-state index contributed by atoms with van der Waals surface area (Å²) in [4.78, 5) is 34.3. The second-order valence-corrected chi connectivity index (χ2v) is 5.94. The zero-order valence-electron chi connectivity index (χ0n) is 14.4. The van der Waals surface area contributed by atoms with E-state index in [1.54, 1.807) is 36.4 Å². The van der Waals surface area contributed by atoms with Gasteiger partial charge in [-0.1, -0.05) is 29.8 Å². The molecule has 26 heavy (non-hydrogen) atoms. The molecule has 1 unspecified atom stereocenters. The van der Waals surface area contributed by atoms with E-state index in [0.717, 1.165) is 11.1 Å². The van der Waals surface area contributed by atoms with E-state index in [-0.39, 0.29) is 12.3 Å². The molecule has 7 nitrogen and oxygen atoms in total. The first kappa shape index (κ1) is 19.1. The van der Waals surface area contributed by atoms with Gasteiger partial charge in [0.15, 0.2) is 0 Å². The highest BCUT2D eigenvalue weighted by Gasteiger charge is 2.15. The topological polar surface area (TPSA) is 122 Å². The van der Waals surface area contributed by atoms with Gasteiger partial charge in [-0.05, 0) is 43.2 Å². The fraction of sp³-hybridized carbons (Fsp3) is 0.211. The Hall–Kier alpha value is -3.19. The number of amides is 2. The third-order valence-corrected chi connectivity index (χ3v) is 3.73. The first-order valence-corrected chi connectivity index (χ1v) is 8.07. The van der Waals surface area contributed by atoms with Crippen molar-refractivity contribution in [2.24, 2.45) is 5.73 Å². The number of anilines is 1. The van der Waals surface area contributed by atoms with Crippen molar-refractivity contribution in [3.63, 3.8) is 0 Å². The monoisotopic (exact) mass is 355 g/mol. The van der Waals surface area contributed by atoms with Crippen molar-refractivity contribution in [3.05, 3.63) is 65.2 Å². The van der Waals surface area contributed by atoms with Crippen molar-refractivity contribution in [1.82, 2.24) is 5.32 Å². The SMILES string of the molecule is Cc1ccc(C(=O)Nc2ccc(CC(N)C(=O)NCC(=O)O)cc2)cc1. The van der Waals surface area contributed by atoms with Gasteiger partial charge in [-0.3, -0.25) is 14.4 Å². The molecule has 0 saturated carbocycles. The Morgan fingerprint density at radius 3 is 2.23 bits per heavy atom. The van der Waals surface area contributed by atoms with Crippen LogP contribution in [0.3, 0.4) is 0 Å². The Labute approximate surface area is 151 Å². The fourth-order valence-corrected chi connectivity index (χ4v) is 2.27. The van der Waals surface area contributed by atoms with Crippen LogP contribution in [-0.2, 0) is 16.0 Å². The average molecular weight is 355 g/mol. The van der Waals surface area contributed by atoms with Crippen molar-refractivity contribution < 1.29 is 19.5 Å². The summed E-state index contributed by atoms with van der Waals surface area (Å²) < 4.78 is 0. The normalized spacial score (nSPS) is 11.5. The molecule has 0 aliphatic heterocycles. The predicted molar refractivity (Wildman–Crippen MR) is 97.9 cm³/mol. The summed E-state index contributed by atoms with van der Waals surface area (Å²) in [7, 11) is 0. The zero-order chi connectivity index (χ0) is 19.1. The highest BCUT2D eigenvalue weighted by Crippen LogP contribution is 2.13. The molecule has 0 radical (unpaired) electrons. The van der Waals surface area contributed by atoms with Gasteiger partial charge in [0.05, 0.1) is 6.04 Å². The van der Waals surface area contributed by atoms with E-state index in [4.69, 9.17) is 10.8 Å². The van der Waals surface area contributed by atoms with Crippen LogP contribution in [0.25, 0.3) is 0 Å². The summed E-state index contributed by atoms with van der Waals surface area (Å²) in [6.07, 6.45) is 0.262. The largest absolute Gasteiger partial charge is 0.480 e. The molecule has 1 atom stereocenters. The second kappa shape index (κ2) is 8.77. The van der Waals surface area contributed by atoms with E-state index in [9.17, 15) is 14.4 Å². The molecule has 0 aromatic heterocycles. The molecule has 5 N–H and O–H groups in total. The molecule has 0 spiro atoms. The van der Waals surface area contributed by atoms with Gasteiger partial charge in [0, 0.05) is 11.3 Å². The van der Waals surface area contributed by atoms with Crippen LogP contribution in [-0.4, -0.2) is 35.5 Å². The molecule has 2 aromatic rings. The number of carbonyl (C=O) groups is 3.